The number of benzene rings is 7. The smallest absolute Gasteiger partial charge is 0.455 e. The molecular formula is C44H35BO3. The number of hydrogen-bond donors (Lipinski definition) is 0. The fourth-order valence-corrected chi connectivity index (χ4v) is 7.41. The van der Waals surface area contributed by atoms with Crippen LogP contribution in [-0.4, -0.2) is 18.3 Å². The first-order chi connectivity index (χ1) is 23.3. The molecule has 0 atom stereocenters. The van der Waals surface area contributed by atoms with Gasteiger partial charge in [0.15, 0.2) is 0 Å². The number of para-hydroxylation sites is 1. The standard InChI is InChI=1S/C44H35BO3/c1-43(2)44(3,4)48-45(47-43)37-27-26-36(42-41(37)35-20-12-13-21-38(35)46-42)40-33-18-10-8-16-31(33)39(32-17-9-11-19-34(32)40)30-24-22-29(23-25-30)28-14-6-5-7-15-28/h5-27H,1-4H3. The molecule has 0 spiro atoms. The van der Waals surface area contributed by atoms with Gasteiger partial charge in [-0.2, -0.15) is 0 Å². The molecule has 1 aliphatic heterocycles. The van der Waals surface area contributed by atoms with Gasteiger partial charge in [-0.05, 0) is 83.0 Å². The Morgan fingerprint density at radius 1 is 0.438 bits per heavy atom. The van der Waals surface area contributed by atoms with Crippen molar-refractivity contribution in [3.8, 4) is 33.4 Å². The molecule has 0 amide bonds. The quantitative estimate of drug-likeness (QED) is 0.145. The van der Waals surface area contributed by atoms with E-state index in [1.165, 1.54) is 43.8 Å². The second kappa shape index (κ2) is 10.7. The lowest BCUT2D eigenvalue weighted by atomic mass is 9.75. The first-order valence-electron chi connectivity index (χ1n) is 16.7. The monoisotopic (exact) mass is 622 g/mol. The van der Waals surface area contributed by atoms with E-state index >= 15 is 0 Å². The second-order valence-corrected chi connectivity index (χ2v) is 13.9. The molecule has 2 heterocycles. The first kappa shape index (κ1) is 29.0. The maximum absolute atomic E-state index is 6.80. The van der Waals surface area contributed by atoms with Crippen LogP contribution in [-0.2, 0) is 9.31 Å². The molecule has 1 aromatic heterocycles. The lowest BCUT2D eigenvalue weighted by molar-refractivity contribution is 0.00578. The number of fused-ring (bicyclic) bond motifs is 5. The van der Waals surface area contributed by atoms with E-state index in [9.17, 15) is 0 Å². The van der Waals surface area contributed by atoms with Crippen molar-refractivity contribution in [1.29, 1.82) is 0 Å². The minimum absolute atomic E-state index is 0.455. The lowest BCUT2D eigenvalue weighted by Gasteiger charge is -2.32. The topological polar surface area (TPSA) is 31.6 Å². The SMILES string of the molecule is CC1(C)OB(c2ccc(-c3c4ccccc4c(-c4ccc(-c5ccccc5)cc4)c4ccccc34)c3oc4ccccc4c23)OC1(C)C. The Morgan fingerprint density at radius 2 is 0.917 bits per heavy atom. The van der Waals surface area contributed by atoms with E-state index in [-0.39, 0.29) is 0 Å². The lowest BCUT2D eigenvalue weighted by Crippen LogP contribution is -2.41. The van der Waals surface area contributed by atoms with Crippen LogP contribution < -0.4 is 5.46 Å². The van der Waals surface area contributed by atoms with Gasteiger partial charge in [-0.3, -0.25) is 0 Å². The van der Waals surface area contributed by atoms with Crippen molar-refractivity contribution in [2.45, 2.75) is 38.9 Å². The summed E-state index contributed by atoms with van der Waals surface area (Å²) in [6.45, 7) is 8.39. The van der Waals surface area contributed by atoms with Crippen molar-refractivity contribution in [1.82, 2.24) is 0 Å². The van der Waals surface area contributed by atoms with E-state index in [0.29, 0.717) is 0 Å². The van der Waals surface area contributed by atoms with E-state index in [4.69, 9.17) is 13.7 Å². The molecule has 1 fully saturated rings. The summed E-state index contributed by atoms with van der Waals surface area (Å²) in [6.07, 6.45) is 0. The van der Waals surface area contributed by atoms with Crippen LogP contribution in [0.25, 0.3) is 76.9 Å². The molecule has 0 N–H and O–H groups in total. The van der Waals surface area contributed by atoms with Gasteiger partial charge in [-0.15, -0.1) is 0 Å². The van der Waals surface area contributed by atoms with Crippen LogP contribution >= 0.6 is 0 Å². The van der Waals surface area contributed by atoms with E-state index in [2.05, 4.69) is 155 Å². The Bertz CT molecular complexity index is 2440. The van der Waals surface area contributed by atoms with Gasteiger partial charge in [0.25, 0.3) is 0 Å². The predicted octanol–water partition coefficient (Wildman–Crippen LogP) is 11.2. The summed E-state index contributed by atoms with van der Waals surface area (Å²) in [6, 6.07) is 49.7. The molecule has 0 unspecified atom stereocenters. The Balaban J connectivity index is 1.31. The molecule has 4 heteroatoms. The fraction of sp³-hybridized carbons (Fsp3) is 0.136. The van der Waals surface area contributed by atoms with Crippen molar-refractivity contribution in [3.05, 3.63) is 140 Å². The Labute approximate surface area is 280 Å². The summed E-state index contributed by atoms with van der Waals surface area (Å²) in [5.74, 6) is 0. The molecule has 9 rings (SSSR count). The molecule has 0 bridgehead atoms. The van der Waals surface area contributed by atoms with Crippen LogP contribution in [0.4, 0.5) is 0 Å². The zero-order valence-corrected chi connectivity index (χ0v) is 27.6. The number of furan rings is 1. The van der Waals surface area contributed by atoms with Crippen LogP contribution in [0.3, 0.4) is 0 Å². The zero-order chi connectivity index (χ0) is 32.6. The summed E-state index contributed by atoms with van der Waals surface area (Å²) in [7, 11) is -0.512. The van der Waals surface area contributed by atoms with Crippen molar-refractivity contribution in [2.75, 3.05) is 0 Å². The van der Waals surface area contributed by atoms with Crippen molar-refractivity contribution >= 4 is 56.1 Å². The molecule has 48 heavy (non-hydrogen) atoms. The van der Waals surface area contributed by atoms with Gasteiger partial charge in [0, 0.05) is 21.9 Å². The van der Waals surface area contributed by atoms with Crippen molar-refractivity contribution in [2.24, 2.45) is 0 Å². The Morgan fingerprint density at radius 3 is 1.52 bits per heavy atom. The van der Waals surface area contributed by atoms with Gasteiger partial charge >= 0.3 is 7.12 Å². The third kappa shape index (κ3) is 4.37. The van der Waals surface area contributed by atoms with Crippen molar-refractivity contribution < 1.29 is 13.7 Å². The van der Waals surface area contributed by atoms with Crippen LogP contribution in [0, 0.1) is 0 Å². The van der Waals surface area contributed by atoms with Gasteiger partial charge in [0.2, 0.25) is 0 Å². The largest absolute Gasteiger partial charge is 0.495 e. The maximum Gasteiger partial charge on any atom is 0.495 e. The van der Waals surface area contributed by atoms with Crippen LogP contribution in [0.15, 0.2) is 144 Å². The van der Waals surface area contributed by atoms with E-state index in [1.54, 1.807) is 0 Å². The average molecular weight is 623 g/mol. The summed E-state index contributed by atoms with van der Waals surface area (Å²) in [4.78, 5) is 0. The summed E-state index contributed by atoms with van der Waals surface area (Å²) >= 11 is 0. The van der Waals surface area contributed by atoms with Gasteiger partial charge in [-0.25, -0.2) is 0 Å². The predicted molar refractivity (Wildman–Crippen MR) is 201 cm³/mol. The molecular weight excluding hydrogens is 587 g/mol. The van der Waals surface area contributed by atoms with Gasteiger partial charge in [-0.1, -0.05) is 133 Å². The highest BCUT2D eigenvalue weighted by molar-refractivity contribution is 6.66. The molecule has 0 radical (unpaired) electrons. The Hall–Kier alpha value is -5.16. The van der Waals surface area contributed by atoms with E-state index in [0.717, 1.165) is 38.5 Å². The van der Waals surface area contributed by atoms with Gasteiger partial charge in [0.1, 0.15) is 11.2 Å². The molecule has 1 saturated heterocycles. The summed E-state index contributed by atoms with van der Waals surface area (Å²) < 4.78 is 20.0. The maximum atomic E-state index is 6.80. The highest BCUT2D eigenvalue weighted by Crippen LogP contribution is 2.47. The third-order valence-electron chi connectivity index (χ3n) is 10.5. The molecule has 0 aliphatic carbocycles. The van der Waals surface area contributed by atoms with Crippen LogP contribution in [0.1, 0.15) is 27.7 Å². The van der Waals surface area contributed by atoms with E-state index < -0.39 is 18.3 Å². The Kier molecular flexibility index (Phi) is 6.46. The molecule has 1 aliphatic rings. The van der Waals surface area contributed by atoms with Crippen LogP contribution in [0.5, 0.6) is 0 Å². The van der Waals surface area contributed by atoms with Gasteiger partial charge < -0.3 is 13.7 Å². The number of rotatable bonds is 4. The average Bonchev–Trinajstić information content (AvgIpc) is 3.60. The fourth-order valence-electron chi connectivity index (χ4n) is 7.41. The molecule has 8 aromatic rings. The minimum Gasteiger partial charge on any atom is -0.455 e. The summed E-state index contributed by atoms with van der Waals surface area (Å²) in [5.41, 5.74) is 8.84. The molecule has 7 aromatic carbocycles. The minimum atomic E-state index is -0.512. The number of hydrogen-bond acceptors (Lipinski definition) is 3. The molecule has 232 valence electrons. The zero-order valence-electron chi connectivity index (χ0n) is 27.6. The third-order valence-corrected chi connectivity index (χ3v) is 10.5. The molecule has 3 nitrogen and oxygen atoms in total. The van der Waals surface area contributed by atoms with E-state index in [1.807, 2.05) is 12.1 Å². The summed E-state index contributed by atoms with van der Waals surface area (Å²) in [5, 5.41) is 6.88. The normalized spacial score (nSPS) is 15.6. The van der Waals surface area contributed by atoms with Crippen molar-refractivity contribution in [3.63, 3.8) is 0 Å². The molecule has 0 saturated carbocycles. The first-order valence-corrected chi connectivity index (χ1v) is 16.7. The highest BCUT2D eigenvalue weighted by Gasteiger charge is 2.52. The highest BCUT2D eigenvalue weighted by atomic mass is 16.7. The second-order valence-electron chi connectivity index (χ2n) is 13.9. The van der Waals surface area contributed by atoms with Gasteiger partial charge in [0.05, 0.1) is 11.2 Å². The van der Waals surface area contributed by atoms with Crippen LogP contribution in [0.2, 0.25) is 0 Å².